The molecule has 0 aliphatic carbocycles. The van der Waals surface area contributed by atoms with Crippen LogP contribution < -0.4 is 4.74 Å². The van der Waals surface area contributed by atoms with Gasteiger partial charge in [-0.05, 0) is 38.0 Å². The fourth-order valence-corrected chi connectivity index (χ4v) is 2.50. The Balaban J connectivity index is 1.62. The summed E-state index contributed by atoms with van der Waals surface area (Å²) in [6, 6.07) is 13.8. The quantitative estimate of drug-likeness (QED) is 0.858. The fraction of sp³-hybridized carbons (Fsp3) is 0.368. The van der Waals surface area contributed by atoms with Crippen LogP contribution >= 0.6 is 0 Å². The molecule has 1 aromatic carbocycles. The Labute approximate surface area is 142 Å². The average Bonchev–Trinajstić information content (AvgIpc) is 2.96. The SMILES string of the molecule is CC(C)(C)OC(=O)N1Cc2ccc(OCc3ccccc3)nc2C1. The van der Waals surface area contributed by atoms with Crippen LogP contribution in [-0.2, 0) is 24.4 Å². The van der Waals surface area contributed by atoms with E-state index >= 15 is 0 Å². The van der Waals surface area contributed by atoms with Gasteiger partial charge in [0.2, 0.25) is 5.88 Å². The number of hydrogen-bond donors (Lipinski definition) is 0. The van der Waals surface area contributed by atoms with Gasteiger partial charge < -0.3 is 9.47 Å². The molecule has 0 radical (unpaired) electrons. The molecule has 5 nitrogen and oxygen atoms in total. The van der Waals surface area contributed by atoms with Crippen LogP contribution in [0.4, 0.5) is 4.79 Å². The Hall–Kier alpha value is -2.56. The van der Waals surface area contributed by atoms with Gasteiger partial charge in [0.05, 0.1) is 18.8 Å². The molecule has 1 aromatic heterocycles. The Morgan fingerprint density at radius 3 is 2.58 bits per heavy atom. The Morgan fingerprint density at radius 2 is 1.88 bits per heavy atom. The van der Waals surface area contributed by atoms with E-state index in [1.807, 2.05) is 63.2 Å². The van der Waals surface area contributed by atoms with Crippen LogP contribution in [-0.4, -0.2) is 21.6 Å². The molecule has 3 rings (SSSR count). The van der Waals surface area contributed by atoms with E-state index in [0.717, 1.165) is 16.8 Å². The first-order valence-corrected chi connectivity index (χ1v) is 8.04. The molecule has 0 atom stereocenters. The summed E-state index contributed by atoms with van der Waals surface area (Å²) in [5, 5.41) is 0. The lowest BCUT2D eigenvalue weighted by Crippen LogP contribution is -2.33. The third-order valence-electron chi connectivity index (χ3n) is 3.63. The van der Waals surface area contributed by atoms with E-state index in [1.165, 1.54) is 0 Å². The molecule has 0 fully saturated rings. The van der Waals surface area contributed by atoms with Crippen LogP contribution in [0.15, 0.2) is 42.5 Å². The first-order chi connectivity index (χ1) is 11.4. The van der Waals surface area contributed by atoms with E-state index in [1.54, 1.807) is 4.90 Å². The number of carbonyl (C=O) groups is 1. The smallest absolute Gasteiger partial charge is 0.410 e. The van der Waals surface area contributed by atoms with Crippen molar-refractivity contribution in [1.29, 1.82) is 0 Å². The number of pyridine rings is 1. The Kier molecular flexibility index (Phi) is 4.42. The third kappa shape index (κ3) is 4.04. The van der Waals surface area contributed by atoms with Crippen LogP contribution in [0.25, 0.3) is 0 Å². The molecule has 1 aliphatic rings. The van der Waals surface area contributed by atoms with Crippen molar-refractivity contribution in [2.45, 2.75) is 46.1 Å². The molecule has 2 heterocycles. The van der Waals surface area contributed by atoms with Crippen LogP contribution in [0.1, 0.15) is 37.6 Å². The van der Waals surface area contributed by atoms with Gasteiger partial charge in [-0.15, -0.1) is 0 Å². The topological polar surface area (TPSA) is 51.7 Å². The third-order valence-corrected chi connectivity index (χ3v) is 3.63. The molecular weight excluding hydrogens is 304 g/mol. The monoisotopic (exact) mass is 326 g/mol. The lowest BCUT2D eigenvalue weighted by atomic mass is 10.2. The second-order valence-electron chi connectivity index (χ2n) is 6.87. The summed E-state index contributed by atoms with van der Waals surface area (Å²) in [7, 11) is 0. The zero-order chi connectivity index (χ0) is 17.2. The maximum atomic E-state index is 12.2. The highest BCUT2D eigenvalue weighted by molar-refractivity contribution is 5.69. The van der Waals surface area contributed by atoms with E-state index in [4.69, 9.17) is 9.47 Å². The van der Waals surface area contributed by atoms with Crippen molar-refractivity contribution in [1.82, 2.24) is 9.88 Å². The minimum atomic E-state index is -0.497. The maximum Gasteiger partial charge on any atom is 0.410 e. The Morgan fingerprint density at radius 1 is 1.12 bits per heavy atom. The molecule has 2 aromatic rings. The standard InChI is InChI=1S/C19H22N2O3/c1-19(2,3)24-18(22)21-11-15-9-10-17(20-16(15)12-21)23-13-14-7-5-4-6-8-14/h4-10H,11-13H2,1-3H3. The lowest BCUT2D eigenvalue weighted by molar-refractivity contribution is 0.0240. The fourth-order valence-electron chi connectivity index (χ4n) is 2.50. The normalized spacial score (nSPS) is 13.5. The van der Waals surface area contributed by atoms with E-state index in [-0.39, 0.29) is 6.09 Å². The number of benzene rings is 1. The molecule has 1 aliphatic heterocycles. The summed E-state index contributed by atoms with van der Waals surface area (Å²) in [4.78, 5) is 18.4. The van der Waals surface area contributed by atoms with Gasteiger partial charge in [-0.25, -0.2) is 9.78 Å². The van der Waals surface area contributed by atoms with Crippen molar-refractivity contribution in [2.24, 2.45) is 0 Å². The van der Waals surface area contributed by atoms with Crippen molar-refractivity contribution in [3.8, 4) is 5.88 Å². The van der Waals surface area contributed by atoms with E-state index in [2.05, 4.69) is 4.98 Å². The van der Waals surface area contributed by atoms with Gasteiger partial charge in [-0.2, -0.15) is 0 Å². The summed E-state index contributed by atoms with van der Waals surface area (Å²) in [5.74, 6) is 0.573. The molecule has 0 spiro atoms. The molecule has 0 saturated carbocycles. The van der Waals surface area contributed by atoms with Crippen molar-refractivity contribution in [3.05, 3.63) is 59.3 Å². The number of ether oxygens (including phenoxy) is 2. The largest absolute Gasteiger partial charge is 0.473 e. The van der Waals surface area contributed by atoms with E-state index in [9.17, 15) is 4.79 Å². The van der Waals surface area contributed by atoms with Gasteiger partial charge in [0.15, 0.2) is 0 Å². The molecule has 5 heteroatoms. The second-order valence-corrected chi connectivity index (χ2v) is 6.87. The van der Waals surface area contributed by atoms with Crippen molar-refractivity contribution in [3.63, 3.8) is 0 Å². The van der Waals surface area contributed by atoms with Gasteiger partial charge >= 0.3 is 6.09 Å². The summed E-state index contributed by atoms with van der Waals surface area (Å²) >= 11 is 0. The average molecular weight is 326 g/mol. The van der Waals surface area contributed by atoms with Crippen LogP contribution in [0.2, 0.25) is 0 Å². The number of rotatable bonds is 3. The van der Waals surface area contributed by atoms with Gasteiger partial charge in [0.25, 0.3) is 0 Å². The summed E-state index contributed by atoms with van der Waals surface area (Å²) in [6.45, 7) is 7.04. The summed E-state index contributed by atoms with van der Waals surface area (Å²) in [5.41, 5.74) is 2.50. The molecule has 126 valence electrons. The first-order valence-electron chi connectivity index (χ1n) is 8.04. The molecule has 0 N–H and O–H groups in total. The van der Waals surface area contributed by atoms with Crippen molar-refractivity contribution in [2.75, 3.05) is 0 Å². The predicted octanol–water partition coefficient (Wildman–Crippen LogP) is 3.91. The highest BCUT2D eigenvalue weighted by Gasteiger charge is 2.28. The van der Waals surface area contributed by atoms with Crippen LogP contribution in [0.5, 0.6) is 5.88 Å². The molecule has 24 heavy (non-hydrogen) atoms. The number of hydrogen-bond acceptors (Lipinski definition) is 4. The minimum Gasteiger partial charge on any atom is -0.473 e. The number of fused-ring (bicyclic) bond motifs is 1. The summed E-state index contributed by atoms with van der Waals surface area (Å²) in [6.07, 6.45) is -0.313. The number of amides is 1. The van der Waals surface area contributed by atoms with E-state index < -0.39 is 5.60 Å². The van der Waals surface area contributed by atoms with Crippen molar-refractivity contribution < 1.29 is 14.3 Å². The van der Waals surface area contributed by atoms with Crippen LogP contribution in [0, 0.1) is 0 Å². The highest BCUT2D eigenvalue weighted by atomic mass is 16.6. The second kappa shape index (κ2) is 6.51. The molecule has 0 saturated heterocycles. The van der Waals surface area contributed by atoms with E-state index in [0.29, 0.717) is 25.6 Å². The number of carbonyl (C=O) groups excluding carboxylic acids is 1. The van der Waals surface area contributed by atoms with Gasteiger partial charge in [0, 0.05) is 6.07 Å². The van der Waals surface area contributed by atoms with Gasteiger partial charge in [-0.3, -0.25) is 4.90 Å². The predicted molar refractivity (Wildman–Crippen MR) is 90.5 cm³/mol. The Bertz CT molecular complexity index is 723. The van der Waals surface area contributed by atoms with Gasteiger partial charge in [-0.1, -0.05) is 30.3 Å². The number of aromatic nitrogens is 1. The highest BCUT2D eigenvalue weighted by Crippen LogP contribution is 2.25. The molecule has 0 unspecified atom stereocenters. The van der Waals surface area contributed by atoms with Crippen molar-refractivity contribution >= 4 is 6.09 Å². The molecule has 0 bridgehead atoms. The summed E-state index contributed by atoms with van der Waals surface area (Å²) < 4.78 is 11.2. The minimum absolute atomic E-state index is 0.313. The van der Waals surface area contributed by atoms with Gasteiger partial charge in [0.1, 0.15) is 12.2 Å². The van der Waals surface area contributed by atoms with Crippen LogP contribution in [0.3, 0.4) is 0 Å². The number of nitrogens with zero attached hydrogens (tertiary/aromatic N) is 2. The lowest BCUT2D eigenvalue weighted by Gasteiger charge is -2.23. The maximum absolute atomic E-state index is 12.2. The molecule has 1 amide bonds. The zero-order valence-electron chi connectivity index (χ0n) is 14.3. The zero-order valence-corrected chi connectivity index (χ0v) is 14.3. The molecular formula is C19H22N2O3. The first kappa shape index (κ1) is 16.3.